The Morgan fingerprint density at radius 3 is 2.72 bits per heavy atom. The Morgan fingerprint density at radius 2 is 2.00 bits per heavy atom. The molecule has 0 saturated carbocycles. The van der Waals surface area contributed by atoms with E-state index in [0.29, 0.717) is 16.6 Å². The summed E-state index contributed by atoms with van der Waals surface area (Å²) in [5, 5.41) is 3.15. The van der Waals surface area contributed by atoms with Gasteiger partial charge in [0, 0.05) is 12.3 Å². The first-order valence-corrected chi connectivity index (χ1v) is 5.72. The molecule has 0 atom stereocenters. The Morgan fingerprint density at radius 1 is 1.22 bits per heavy atom. The van der Waals surface area contributed by atoms with E-state index in [1.807, 2.05) is 0 Å². The van der Waals surface area contributed by atoms with Crippen molar-refractivity contribution in [2.24, 2.45) is 0 Å². The van der Waals surface area contributed by atoms with Crippen LogP contribution in [0.25, 0.3) is 0 Å². The van der Waals surface area contributed by atoms with Crippen LogP contribution in [0.15, 0.2) is 48.7 Å². The average molecular weight is 263 g/mol. The van der Waals surface area contributed by atoms with E-state index in [9.17, 15) is 4.79 Å². The number of anilines is 1. The number of rotatable bonds is 4. The van der Waals surface area contributed by atoms with Crippen molar-refractivity contribution in [3.63, 3.8) is 0 Å². The SMILES string of the molecule is O=C(COc1ccccn1)Nc1ccccc1Cl. The van der Waals surface area contributed by atoms with Crippen LogP contribution in [0.4, 0.5) is 5.69 Å². The minimum absolute atomic E-state index is 0.109. The number of nitrogens with zero attached hydrogens (tertiary/aromatic N) is 1. The molecule has 18 heavy (non-hydrogen) atoms. The normalized spacial score (nSPS) is 9.83. The van der Waals surface area contributed by atoms with Crippen molar-refractivity contribution in [2.45, 2.75) is 0 Å². The second-order valence-electron chi connectivity index (χ2n) is 3.48. The van der Waals surface area contributed by atoms with Crippen LogP contribution >= 0.6 is 11.6 Å². The zero-order chi connectivity index (χ0) is 12.8. The average Bonchev–Trinajstić information content (AvgIpc) is 2.40. The molecule has 0 aliphatic heterocycles. The van der Waals surface area contributed by atoms with Gasteiger partial charge in [-0.1, -0.05) is 29.8 Å². The Labute approximate surface area is 110 Å². The molecule has 92 valence electrons. The van der Waals surface area contributed by atoms with Crippen molar-refractivity contribution in [1.29, 1.82) is 0 Å². The number of halogens is 1. The molecule has 1 aromatic heterocycles. The predicted molar refractivity (Wildman–Crippen MR) is 69.8 cm³/mol. The van der Waals surface area contributed by atoms with Crippen LogP contribution < -0.4 is 10.1 Å². The Balaban J connectivity index is 1.88. The van der Waals surface area contributed by atoms with Gasteiger partial charge in [0.1, 0.15) is 0 Å². The number of aromatic nitrogens is 1. The van der Waals surface area contributed by atoms with Gasteiger partial charge in [-0.25, -0.2) is 4.98 Å². The van der Waals surface area contributed by atoms with Crippen molar-refractivity contribution < 1.29 is 9.53 Å². The molecule has 2 aromatic rings. The number of hydrogen-bond donors (Lipinski definition) is 1. The van der Waals surface area contributed by atoms with Crippen molar-refractivity contribution >= 4 is 23.2 Å². The lowest BCUT2D eigenvalue weighted by Gasteiger charge is -2.07. The number of pyridine rings is 1. The fraction of sp³-hybridized carbons (Fsp3) is 0.0769. The van der Waals surface area contributed by atoms with Gasteiger partial charge in [-0.3, -0.25) is 4.79 Å². The number of benzene rings is 1. The van der Waals surface area contributed by atoms with E-state index in [1.54, 1.807) is 48.7 Å². The first kappa shape index (κ1) is 12.4. The highest BCUT2D eigenvalue weighted by molar-refractivity contribution is 6.33. The van der Waals surface area contributed by atoms with Crippen molar-refractivity contribution in [1.82, 2.24) is 4.98 Å². The summed E-state index contributed by atoms with van der Waals surface area (Å²) in [6, 6.07) is 12.3. The lowest BCUT2D eigenvalue weighted by atomic mass is 10.3. The maximum absolute atomic E-state index is 11.6. The summed E-state index contributed by atoms with van der Waals surface area (Å²) in [6.45, 7) is -0.109. The van der Waals surface area contributed by atoms with Gasteiger partial charge >= 0.3 is 0 Å². The van der Waals surface area contributed by atoms with Crippen molar-refractivity contribution in [2.75, 3.05) is 11.9 Å². The molecule has 0 saturated heterocycles. The molecule has 0 aliphatic carbocycles. The standard InChI is InChI=1S/C13H11ClN2O2/c14-10-5-1-2-6-11(10)16-12(17)9-18-13-7-3-4-8-15-13/h1-8H,9H2,(H,16,17). The summed E-state index contributed by atoms with van der Waals surface area (Å²) in [5.74, 6) is 0.126. The van der Waals surface area contributed by atoms with E-state index in [1.165, 1.54) is 0 Å². The number of ether oxygens (including phenoxy) is 1. The van der Waals surface area contributed by atoms with Crippen LogP contribution in [0.3, 0.4) is 0 Å². The molecule has 1 amide bonds. The lowest BCUT2D eigenvalue weighted by Crippen LogP contribution is -2.20. The third-order valence-electron chi connectivity index (χ3n) is 2.14. The summed E-state index contributed by atoms with van der Waals surface area (Å²) in [4.78, 5) is 15.6. The molecule has 0 unspecified atom stereocenters. The van der Waals surface area contributed by atoms with Gasteiger partial charge in [-0.05, 0) is 18.2 Å². The monoisotopic (exact) mass is 262 g/mol. The molecule has 1 N–H and O–H groups in total. The fourth-order valence-electron chi connectivity index (χ4n) is 1.32. The smallest absolute Gasteiger partial charge is 0.262 e. The predicted octanol–water partition coefficient (Wildman–Crippen LogP) is 2.75. The van der Waals surface area contributed by atoms with E-state index in [0.717, 1.165) is 0 Å². The molecule has 0 fully saturated rings. The number of para-hydroxylation sites is 1. The highest BCUT2D eigenvalue weighted by Crippen LogP contribution is 2.20. The zero-order valence-electron chi connectivity index (χ0n) is 9.47. The summed E-state index contributed by atoms with van der Waals surface area (Å²) < 4.78 is 5.21. The Bertz CT molecular complexity index is 532. The quantitative estimate of drug-likeness (QED) is 0.922. The highest BCUT2D eigenvalue weighted by Gasteiger charge is 2.06. The summed E-state index contributed by atoms with van der Waals surface area (Å²) in [6.07, 6.45) is 1.60. The second kappa shape index (κ2) is 6.02. The number of carbonyl (C=O) groups is 1. The molecular formula is C13H11ClN2O2. The molecule has 0 spiro atoms. The minimum atomic E-state index is -0.284. The third kappa shape index (κ3) is 3.46. The molecular weight excluding hydrogens is 252 g/mol. The Kier molecular flexibility index (Phi) is 4.15. The minimum Gasteiger partial charge on any atom is -0.468 e. The molecule has 0 aliphatic rings. The maximum Gasteiger partial charge on any atom is 0.262 e. The van der Waals surface area contributed by atoms with Gasteiger partial charge in [0.2, 0.25) is 5.88 Å². The van der Waals surface area contributed by atoms with Gasteiger partial charge in [0.25, 0.3) is 5.91 Å². The van der Waals surface area contributed by atoms with E-state index in [-0.39, 0.29) is 12.5 Å². The summed E-state index contributed by atoms with van der Waals surface area (Å²) in [5.41, 5.74) is 0.564. The topological polar surface area (TPSA) is 51.2 Å². The van der Waals surface area contributed by atoms with Crippen LogP contribution in [-0.2, 0) is 4.79 Å². The van der Waals surface area contributed by atoms with Crippen LogP contribution in [-0.4, -0.2) is 17.5 Å². The molecule has 0 bridgehead atoms. The number of hydrogen-bond acceptors (Lipinski definition) is 3. The van der Waals surface area contributed by atoms with Gasteiger partial charge in [-0.15, -0.1) is 0 Å². The Hall–Kier alpha value is -2.07. The molecule has 5 heteroatoms. The second-order valence-corrected chi connectivity index (χ2v) is 3.89. The van der Waals surface area contributed by atoms with Crippen LogP contribution in [0, 0.1) is 0 Å². The van der Waals surface area contributed by atoms with Crippen molar-refractivity contribution in [3.05, 3.63) is 53.7 Å². The number of carbonyl (C=O) groups excluding carboxylic acids is 1. The molecule has 1 heterocycles. The van der Waals surface area contributed by atoms with Crippen LogP contribution in [0.5, 0.6) is 5.88 Å². The number of nitrogens with one attached hydrogen (secondary N) is 1. The van der Waals surface area contributed by atoms with Gasteiger partial charge in [0.15, 0.2) is 6.61 Å². The summed E-state index contributed by atoms with van der Waals surface area (Å²) in [7, 11) is 0. The summed E-state index contributed by atoms with van der Waals surface area (Å²) >= 11 is 5.92. The van der Waals surface area contributed by atoms with E-state index < -0.39 is 0 Å². The molecule has 4 nitrogen and oxygen atoms in total. The van der Waals surface area contributed by atoms with Crippen LogP contribution in [0.2, 0.25) is 5.02 Å². The van der Waals surface area contributed by atoms with Crippen LogP contribution in [0.1, 0.15) is 0 Å². The molecule has 0 radical (unpaired) electrons. The zero-order valence-corrected chi connectivity index (χ0v) is 10.2. The first-order valence-electron chi connectivity index (χ1n) is 5.34. The van der Waals surface area contributed by atoms with E-state index in [2.05, 4.69) is 10.3 Å². The van der Waals surface area contributed by atoms with Crippen molar-refractivity contribution in [3.8, 4) is 5.88 Å². The lowest BCUT2D eigenvalue weighted by molar-refractivity contribution is -0.118. The van der Waals surface area contributed by atoms with E-state index in [4.69, 9.17) is 16.3 Å². The number of amides is 1. The highest BCUT2D eigenvalue weighted by atomic mass is 35.5. The largest absolute Gasteiger partial charge is 0.468 e. The first-order chi connectivity index (χ1) is 8.75. The van der Waals surface area contributed by atoms with Gasteiger partial charge in [-0.2, -0.15) is 0 Å². The maximum atomic E-state index is 11.6. The fourth-order valence-corrected chi connectivity index (χ4v) is 1.50. The van der Waals surface area contributed by atoms with Gasteiger partial charge in [0.05, 0.1) is 10.7 Å². The van der Waals surface area contributed by atoms with E-state index >= 15 is 0 Å². The third-order valence-corrected chi connectivity index (χ3v) is 2.47. The molecule has 1 aromatic carbocycles. The molecule has 2 rings (SSSR count). The van der Waals surface area contributed by atoms with Gasteiger partial charge < -0.3 is 10.1 Å².